The molecular formula is C21H26N2O3. The number of para-hydroxylation sites is 1. The molecule has 5 heteroatoms. The first-order chi connectivity index (χ1) is 12.7. The highest BCUT2D eigenvalue weighted by Crippen LogP contribution is 2.23. The zero-order valence-electron chi connectivity index (χ0n) is 15.2. The Kier molecular flexibility index (Phi) is 6.50. The monoisotopic (exact) mass is 354 g/mol. The molecule has 0 spiro atoms. The smallest absolute Gasteiger partial charge is 0.258 e. The van der Waals surface area contributed by atoms with Gasteiger partial charge in [0.25, 0.3) is 5.91 Å². The maximum absolute atomic E-state index is 12.1. The molecule has 5 nitrogen and oxygen atoms in total. The molecule has 0 radical (unpaired) electrons. The number of ether oxygens (including phenoxy) is 2. The molecule has 2 aromatic carbocycles. The van der Waals surface area contributed by atoms with Crippen molar-refractivity contribution >= 4 is 5.91 Å². The van der Waals surface area contributed by atoms with Crippen LogP contribution in [0.3, 0.4) is 0 Å². The van der Waals surface area contributed by atoms with Crippen LogP contribution in [0.15, 0.2) is 54.6 Å². The molecule has 0 saturated carbocycles. The summed E-state index contributed by atoms with van der Waals surface area (Å²) in [5.41, 5.74) is 0. The van der Waals surface area contributed by atoms with Crippen molar-refractivity contribution < 1.29 is 14.3 Å². The van der Waals surface area contributed by atoms with E-state index in [-0.39, 0.29) is 18.6 Å². The number of piperidine rings is 1. The van der Waals surface area contributed by atoms with Gasteiger partial charge in [0.1, 0.15) is 17.2 Å². The second kappa shape index (κ2) is 9.25. The lowest BCUT2D eigenvalue weighted by Gasteiger charge is -2.31. The zero-order valence-corrected chi connectivity index (χ0v) is 15.2. The van der Waals surface area contributed by atoms with Gasteiger partial charge in [-0.3, -0.25) is 4.79 Å². The summed E-state index contributed by atoms with van der Waals surface area (Å²) in [6.45, 7) is 5.37. The van der Waals surface area contributed by atoms with E-state index in [4.69, 9.17) is 9.47 Å². The lowest BCUT2D eigenvalue weighted by atomic mass is 10.1. The first-order valence-corrected chi connectivity index (χ1v) is 9.20. The fourth-order valence-corrected chi connectivity index (χ4v) is 3.04. The highest BCUT2D eigenvalue weighted by atomic mass is 16.5. The third-order valence-electron chi connectivity index (χ3n) is 4.57. The van der Waals surface area contributed by atoms with E-state index in [1.165, 1.54) is 0 Å². The maximum atomic E-state index is 12.1. The summed E-state index contributed by atoms with van der Waals surface area (Å²) in [5.74, 6) is 2.11. The lowest BCUT2D eigenvalue weighted by Crippen LogP contribution is -2.45. The van der Waals surface area contributed by atoms with Gasteiger partial charge < -0.3 is 19.7 Å². The average molecular weight is 354 g/mol. The second-order valence-electron chi connectivity index (χ2n) is 6.45. The minimum atomic E-state index is -0.0652. The third-order valence-corrected chi connectivity index (χ3v) is 4.57. The van der Waals surface area contributed by atoms with Gasteiger partial charge in [0.05, 0.1) is 0 Å². The molecule has 0 aromatic heterocycles. The third kappa shape index (κ3) is 5.49. The predicted molar refractivity (Wildman–Crippen MR) is 102 cm³/mol. The molecule has 1 saturated heterocycles. The summed E-state index contributed by atoms with van der Waals surface area (Å²) < 4.78 is 11.3. The van der Waals surface area contributed by atoms with Gasteiger partial charge in [-0.15, -0.1) is 0 Å². The summed E-state index contributed by atoms with van der Waals surface area (Å²) in [5, 5.41) is 3.06. The summed E-state index contributed by atoms with van der Waals surface area (Å²) in [6, 6.07) is 17.2. The summed E-state index contributed by atoms with van der Waals surface area (Å²) >= 11 is 0. The summed E-state index contributed by atoms with van der Waals surface area (Å²) in [4.78, 5) is 14.5. The molecule has 1 aliphatic heterocycles. The van der Waals surface area contributed by atoms with Crippen molar-refractivity contribution in [1.82, 2.24) is 10.2 Å². The van der Waals surface area contributed by atoms with Crippen molar-refractivity contribution in [2.45, 2.75) is 25.8 Å². The maximum Gasteiger partial charge on any atom is 0.258 e. The van der Waals surface area contributed by atoms with Crippen molar-refractivity contribution in [1.29, 1.82) is 0 Å². The number of carbonyl (C=O) groups is 1. The Morgan fingerprint density at radius 2 is 1.62 bits per heavy atom. The Morgan fingerprint density at radius 1 is 1.00 bits per heavy atom. The van der Waals surface area contributed by atoms with Crippen molar-refractivity contribution in [3.63, 3.8) is 0 Å². The van der Waals surface area contributed by atoms with E-state index in [0.717, 1.165) is 44.0 Å². The van der Waals surface area contributed by atoms with E-state index in [0.29, 0.717) is 5.75 Å². The quantitative estimate of drug-likeness (QED) is 0.827. The van der Waals surface area contributed by atoms with Crippen molar-refractivity contribution in [3.05, 3.63) is 54.6 Å². The van der Waals surface area contributed by atoms with Crippen LogP contribution < -0.4 is 14.8 Å². The number of carbonyl (C=O) groups excluding carboxylic acids is 1. The molecule has 1 amide bonds. The summed E-state index contributed by atoms with van der Waals surface area (Å²) in [7, 11) is 0. The lowest BCUT2D eigenvalue weighted by molar-refractivity contribution is -0.124. The number of hydrogen-bond donors (Lipinski definition) is 1. The van der Waals surface area contributed by atoms with Crippen LogP contribution in [0.4, 0.5) is 0 Å². The number of rotatable bonds is 7. The van der Waals surface area contributed by atoms with Gasteiger partial charge in [-0.05, 0) is 55.8 Å². The van der Waals surface area contributed by atoms with Crippen LogP contribution in [0.2, 0.25) is 0 Å². The van der Waals surface area contributed by atoms with Gasteiger partial charge >= 0.3 is 0 Å². The van der Waals surface area contributed by atoms with Gasteiger partial charge in [0, 0.05) is 19.1 Å². The standard InChI is InChI=1S/C21H26N2O3/c1-2-23-14-12-17(13-15-23)22-21(24)16-25-18-8-10-20(11-9-18)26-19-6-4-3-5-7-19/h3-11,17H,2,12-16H2,1H3,(H,22,24). The van der Waals surface area contributed by atoms with Crippen molar-refractivity contribution in [2.24, 2.45) is 0 Å². The first-order valence-electron chi connectivity index (χ1n) is 9.20. The van der Waals surface area contributed by atoms with Crippen LogP contribution in [-0.2, 0) is 4.79 Å². The fraction of sp³-hybridized carbons (Fsp3) is 0.381. The number of nitrogens with one attached hydrogen (secondary N) is 1. The zero-order chi connectivity index (χ0) is 18.2. The minimum absolute atomic E-state index is 0.0346. The van der Waals surface area contributed by atoms with Crippen LogP contribution in [0.5, 0.6) is 17.2 Å². The molecule has 1 aliphatic rings. The molecule has 0 atom stereocenters. The molecule has 0 bridgehead atoms. The predicted octanol–water partition coefficient (Wildman–Crippen LogP) is 3.46. The van der Waals surface area contributed by atoms with E-state index >= 15 is 0 Å². The number of benzene rings is 2. The second-order valence-corrected chi connectivity index (χ2v) is 6.45. The molecule has 1 N–H and O–H groups in total. The van der Waals surface area contributed by atoms with Crippen LogP contribution >= 0.6 is 0 Å². The van der Waals surface area contributed by atoms with Gasteiger partial charge in [-0.2, -0.15) is 0 Å². The van der Waals surface area contributed by atoms with Crippen LogP contribution in [0, 0.1) is 0 Å². The van der Waals surface area contributed by atoms with Gasteiger partial charge in [0.2, 0.25) is 0 Å². The Hall–Kier alpha value is -2.53. The van der Waals surface area contributed by atoms with Crippen LogP contribution in [0.25, 0.3) is 0 Å². The molecule has 2 aromatic rings. The number of nitrogens with zero attached hydrogens (tertiary/aromatic N) is 1. The average Bonchev–Trinajstić information content (AvgIpc) is 2.69. The van der Waals surface area contributed by atoms with Gasteiger partial charge in [0.15, 0.2) is 6.61 Å². The van der Waals surface area contributed by atoms with Crippen molar-refractivity contribution in [2.75, 3.05) is 26.2 Å². The highest BCUT2D eigenvalue weighted by Gasteiger charge is 2.19. The van der Waals surface area contributed by atoms with E-state index < -0.39 is 0 Å². The Morgan fingerprint density at radius 3 is 2.27 bits per heavy atom. The Labute approximate surface area is 154 Å². The number of hydrogen-bond acceptors (Lipinski definition) is 4. The topological polar surface area (TPSA) is 50.8 Å². The van der Waals surface area contributed by atoms with Gasteiger partial charge in [-0.1, -0.05) is 25.1 Å². The first kappa shape index (κ1) is 18.3. The molecule has 1 heterocycles. The Balaban J connectivity index is 1.41. The van der Waals surface area contributed by atoms with Crippen LogP contribution in [0.1, 0.15) is 19.8 Å². The molecule has 26 heavy (non-hydrogen) atoms. The van der Waals surface area contributed by atoms with Crippen LogP contribution in [-0.4, -0.2) is 43.1 Å². The van der Waals surface area contributed by atoms with E-state index in [2.05, 4.69) is 17.1 Å². The largest absolute Gasteiger partial charge is 0.484 e. The molecule has 3 rings (SSSR count). The molecular weight excluding hydrogens is 328 g/mol. The molecule has 138 valence electrons. The fourth-order valence-electron chi connectivity index (χ4n) is 3.04. The molecule has 0 unspecified atom stereocenters. The summed E-state index contributed by atoms with van der Waals surface area (Å²) in [6.07, 6.45) is 2.01. The Bertz CT molecular complexity index is 680. The number of likely N-dealkylation sites (tertiary alicyclic amines) is 1. The molecule has 0 aliphatic carbocycles. The van der Waals surface area contributed by atoms with E-state index in [1.807, 2.05) is 54.6 Å². The minimum Gasteiger partial charge on any atom is -0.484 e. The molecule has 1 fully saturated rings. The van der Waals surface area contributed by atoms with Gasteiger partial charge in [-0.25, -0.2) is 0 Å². The SMILES string of the molecule is CCN1CCC(NC(=O)COc2ccc(Oc3ccccc3)cc2)CC1. The van der Waals surface area contributed by atoms with E-state index in [1.54, 1.807) is 0 Å². The normalized spacial score (nSPS) is 15.4. The number of amides is 1. The highest BCUT2D eigenvalue weighted by molar-refractivity contribution is 5.77. The van der Waals surface area contributed by atoms with Crippen molar-refractivity contribution in [3.8, 4) is 17.2 Å². The van der Waals surface area contributed by atoms with E-state index in [9.17, 15) is 4.79 Å².